The highest BCUT2D eigenvalue weighted by Crippen LogP contribution is 2.24. The molecule has 0 amide bonds. The molecule has 0 unspecified atom stereocenters. The Hall–Kier alpha value is -2.02. The number of esters is 1. The molecule has 1 aliphatic heterocycles. The lowest BCUT2D eigenvalue weighted by atomic mass is 9.97. The van der Waals surface area contributed by atoms with Crippen LogP contribution >= 0.6 is 24.8 Å². The van der Waals surface area contributed by atoms with Crippen LogP contribution in [0, 0.1) is 5.92 Å². The number of nitrogens with two attached hydrogens (primary N) is 1. The van der Waals surface area contributed by atoms with E-state index in [2.05, 4.69) is 26.8 Å². The van der Waals surface area contributed by atoms with E-state index in [-0.39, 0.29) is 24.8 Å². The number of methoxy groups -OCH3 is 1. The zero-order chi connectivity index (χ0) is 19.1. The van der Waals surface area contributed by atoms with Gasteiger partial charge in [-0.25, -0.2) is 0 Å². The molecule has 0 saturated carbocycles. The molecule has 0 bridgehead atoms. The first-order valence-corrected chi connectivity index (χ1v) is 9.36. The van der Waals surface area contributed by atoms with Crippen LogP contribution in [-0.4, -0.2) is 43.8 Å². The topological polar surface area (TPSA) is 77.7 Å². The van der Waals surface area contributed by atoms with Crippen molar-refractivity contribution in [1.29, 1.82) is 0 Å². The molecule has 1 aromatic carbocycles. The van der Waals surface area contributed by atoms with Crippen LogP contribution in [0.3, 0.4) is 0 Å². The van der Waals surface area contributed by atoms with Gasteiger partial charge < -0.3 is 20.1 Å². The molecule has 1 aliphatic rings. The van der Waals surface area contributed by atoms with Crippen LogP contribution in [-0.2, 0) is 16.0 Å². The highest BCUT2D eigenvalue weighted by molar-refractivity contribution is 5.85. The van der Waals surface area contributed by atoms with Gasteiger partial charge in [0, 0.05) is 31.2 Å². The monoisotopic (exact) mass is 441 g/mol. The van der Waals surface area contributed by atoms with Crippen molar-refractivity contribution in [2.45, 2.75) is 25.3 Å². The third-order valence-electron chi connectivity index (χ3n) is 5.01. The molecule has 2 N–H and O–H groups in total. The van der Waals surface area contributed by atoms with Crippen LogP contribution < -0.4 is 15.4 Å². The number of nitrogens with zero attached hydrogens (tertiary/aromatic N) is 2. The first kappa shape index (κ1) is 25.0. The van der Waals surface area contributed by atoms with Gasteiger partial charge >= 0.3 is 5.97 Å². The fraction of sp³-hybridized carbons (Fsp3) is 0.429. The molecule has 2 aromatic rings. The van der Waals surface area contributed by atoms with Crippen molar-refractivity contribution in [3.8, 4) is 5.75 Å². The van der Waals surface area contributed by atoms with E-state index in [0.717, 1.165) is 43.9 Å². The largest absolute Gasteiger partial charge is 0.493 e. The smallest absolute Gasteiger partial charge is 0.322 e. The molecule has 1 aromatic heterocycles. The van der Waals surface area contributed by atoms with E-state index in [0.29, 0.717) is 12.3 Å². The number of piperidine rings is 1. The van der Waals surface area contributed by atoms with Crippen molar-refractivity contribution >= 4 is 36.5 Å². The predicted molar refractivity (Wildman–Crippen MR) is 119 cm³/mol. The second-order valence-electron chi connectivity index (χ2n) is 6.92. The van der Waals surface area contributed by atoms with Crippen LogP contribution in [0.4, 0.5) is 5.69 Å². The molecular weight excluding hydrogens is 413 g/mol. The summed E-state index contributed by atoms with van der Waals surface area (Å²) >= 11 is 0. The predicted octanol–water partition coefficient (Wildman–Crippen LogP) is 3.26. The van der Waals surface area contributed by atoms with E-state index in [4.69, 9.17) is 10.5 Å². The average Bonchev–Trinajstić information content (AvgIpc) is 2.73. The van der Waals surface area contributed by atoms with Gasteiger partial charge in [-0.1, -0.05) is 12.1 Å². The lowest BCUT2D eigenvalue weighted by Gasteiger charge is -2.33. The number of anilines is 1. The fourth-order valence-corrected chi connectivity index (χ4v) is 3.34. The maximum atomic E-state index is 11.4. The number of ether oxygens (including phenoxy) is 2. The fourth-order valence-electron chi connectivity index (χ4n) is 3.34. The number of hydrogen-bond donors (Lipinski definition) is 1. The van der Waals surface area contributed by atoms with E-state index < -0.39 is 12.0 Å². The zero-order valence-corrected chi connectivity index (χ0v) is 18.2. The summed E-state index contributed by atoms with van der Waals surface area (Å²) in [5.74, 6) is 1.02. The van der Waals surface area contributed by atoms with Crippen LogP contribution in [0.2, 0.25) is 0 Å². The van der Waals surface area contributed by atoms with Crippen LogP contribution in [0.25, 0.3) is 0 Å². The lowest BCUT2D eigenvalue weighted by Crippen LogP contribution is -2.35. The second kappa shape index (κ2) is 12.5. The number of benzene rings is 1. The molecule has 1 atom stereocenters. The lowest BCUT2D eigenvalue weighted by molar-refractivity contribution is -0.142. The van der Waals surface area contributed by atoms with Gasteiger partial charge in [-0.05, 0) is 55.0 Å². The molecule has 0 aliphatic carbocycles. The third kappa shape index (κ3) is 7.38. The molecule has 3 rings (SSSR count). The summed E-state index contributed by atoms with van der Waals surface area (Å²) in [5, 5.41) is 0. The zero-order valence-electron chi connectivity index (χ0n) is 16.5. The van der Waals surface area contributed by atoms with E-state index in [9.17, 15) is 4.79 Å². The number of carbonyl (C=O) groups excluding carboxylic acids is 1. The van der Waals surface area contributed by atoms with E-state index in [1.165, 1.54) is 12.8 Å². The summed E-state index contributed by atoms with van der Waals surface area (Å²) in [6.07, 6.45) is 6.38. The number of carbonyl (C=O) groups is 1. The number of rotatable bonds is 7. The summed E-state index contributed by atoms with van der Waals surface area (Å²) in [5.41, 5.74) is 8.03. The van der Waals surface area contributed by atoms with Gasteiger partial charge in [0.15, 0.2) is 0 Å². The number of halogens is 2. The maximum Gasteiger partial charge on any atom is 0.322 e. The van der Waals surface area contributed by atoms with Crippen LogP contribution in [0.1, 0.15) is 18.4 Å². The highest BCUT2D eigenvalue weighted by Gasteiger charge is 2.20. The number of pyridine rings is 1. The molecule has 0 radical (unpaired) electrons. The van der Waals surface area contributed by atoms with Crippen molar-refractivity contribution in [3.63, 3.8) is 0 Å². The normalized spacial score (nSPS) is 14.9. The molecule has 8 heteroatoms. The molecule has 0 spiro atoms. The van der Waals surface area contributed by atoms with Crippen molar-refractivity contribution < 1.29 is 14.3 Å². The Labute approximate surface area is 184 Å². The Kier molecular flexibility index (Phi) is 10.8. The van der Waals surface area contributed by atoms with E-state index in [1.54, 1.807) is 0 Å². The summed E-state index contributed by atoms with van der Waals surface area (Å²) in [6, 6.07) is 11.3. The Bertz CT molecular complexity index is 724. The minimum atomic E-state index is -0.632. The minimum Gasteiger partial charge on any atom is -0.493 e. The van der Waals surface area contributed by atoms with Crippen molar-refractivity contribution in [2.75, 3.05) is 31.7 Å². The minimum absolute atomic E-state index is 0. The number of hydrogen-bond acceptors (Lipinski definition) is 6. The van der Waals surface area contributed by atoms with Crippen LogP contribution in [0.5, 0.6) is 5.75 Å². The summed E-state index contributed by atoms with van der Waals surface area (Å²) in [4.78, 5) is 17.9. The SMILES string of the molecule is COC(=O)[C@H](N)Cc1ccc(OCC2CCN(c3ccncc3)CC2)cc1.Cl.Cl. The molecule has 6 nitrogen and oxygen atoms in total. The molecule has 1 fully saturated rings. The molecule has 160 valence electrons. The average molecular weight is 442 g/mol. The van der Waals surface area contributed by atoms with Gasteiger partial charge in [0.05, 0.1) is 13.7 Å². The summed E-state index contributed by atoms with van der Waals surface area (Å²) in [6.45, 7) is 2.82. The van der Waals surface area contributed by atoms with Gasteiger partial charge in [-0.2, -0.15) is 0 Å². The maximum absolute atomic E-state index is 11.4. The van der Waals surface area contributed by atoms with Gasteiger partial charge in [0.1, 0.15) is 11.8 Å². The first-order chi connectivity index (χ1) is 13.2. The van der Waals surface area contributed by atoms with Gasteiger partial charge in [0.2, 0.25) is 0 Å². The van der Waals surface area contributed by atoms with Gasteiger partial charge in [-0.3, -0.25) is 9.78 Å². The highest BCUT2D eigenvalue weighted by atomic mass is 35.5. The van der Waals surface area contributed by atoms with E-state index in [1.807, 2.05) is 36.7 Å². The van der Waals surface area contributed by atoms with E-state index >= 15 is 0 Å². The molecule has 29 heavy (non-hydrogen) atoms. The Morgan fingerprint density at radius 1 is 1.14 bits per heavy atom. The summed E-state index contributed by atoms with van der Waals surface area (Å²) < 4.78 is 10.6. The molecular formula is C21H29Cl2N3O3. The van der Waals surface area contributed by atoms with Gasteiger partial charge in [-0.15, -0.1) is 24.8 Å². The standard InChI is InChI=1S/C21H27N3O3.2ClH/c1-26-21(25)20(22)14-16-2-4-19(5-3-16)27-15-17-8-12-24(13-9-17)18-6-10-23-11-7-18;;/h2-7,10-11,17,20H,8-9,12-15,22H2,1H3;2*1H/t20-;;/m1../s1. The van der Waals surface area contributed by atoms with Crippen LogP contribution in [0.15, 0.2) is 48.8 Å². The second-order valence-corrected chi connectivity index (χ2v) is 6.92. The third-order valence-corrected chi connectivity index (χ3v) is 5.01. The van der Waals surface area contributed by atoms with Crippen molar-refractivity contribution in [1.82, 2.24) is 4.98 Å². The molecule has 2 heterocycles. The Morgan fingerprint density at radius 2 is 1.76 bits per heavy atom. The van der Waals surface area contributed by atoms with Gasteiger partial charge in [0.25, 0.3) is 0 Å². The number of aromatic nitrogens is 1. The Balaban J connectivity index is 0.00000210. The molecule has 1 saturated heterocycles. The summed E-state index contributed by atoms with van der Waals surface area (Å²) in [7, 11) is 1.35. The quantitative estimate of drug-likeness (QED) is 0.664. The van der Waals surface area contributed by atoms with Crippen molar-refractivity contribution in [3.05, 3.63) is 54.4 Å². The van der Waals surface area contributed by atoms with Crippen molar-refractivity contribution in [2.24, 2.45) is 11.7 Å². The Morgan fingerprint density at radius 3 is 2.34 bits per heavy atom. The first-order valence-electron chi connectivity index (χ1n) is 9.36.